The van der Waals surface area contributed by atoms with Gasteiger partial charge in [0.2, 0.25) is 0 Å². The van der Waals surface area contributed by atoms with E-state index < -0.39 is 0 Å². The third kappa shape index (κ3) is 2.99. The highest BCUT2D eigenvalue weighted by molar-refractivity contribution is 6.29. The molecule has 1 amide bonds. The van der Waals surface area contributed by atoms with Gasteiger partial charge in [-0.25, -0.2) is 4.98 Å². The van der Waals surface area contributed by atoms with Crippen LogP contribution < -0.4 is 5.32 Å². The first-order valence-electron chi connectivity index (χ1n) is 6.39. The smallest absolute Gasteiger partial charge is 0.257 e. The van der Waals surface area contributed by atoms with Crippen LogP contribution in [-0.4, -0.2) is 21.1 Å². The van der Waals surface area contributed by atoms with Crippen molar-refractivity contribution < 1.29 is 4.79 Å². The van der Waals surface area contributed by atoms with E-state index in [0.29, 0.717) is 16.5 Å². The maximum Gasteiger partial charge on any atom is 0.257 e. The normalized spacial score (nSPS) is 10.9. The van der Waals surface area contributed by atoms with Gasteiger partial charge in [0.1, 0.15) is 5.15 Å². The molecular weight excluding hydrogens is 276 g/mol. The highest BCUT2D eigenvalue weighted by Crippen LogP contribution is 2.20. The Morgan fingerprint density at radius 1 is 1.35 bits per heavy atom. The Labute approximate surface area is 122 Å². The van der Waals surface area contributed by atoms with Gasteiger partial charge in [0.05, 0.1) is 0 Å². The molecule has 6 heteroatoms. The largest absolute Gasteiger partial charge is 0.305 e. The summed E-state index contributed by atoms with van der Waals surface area (Å²) in [6, 6.07) is 3.30. The van der Waals surface area contributed by atoms with Crippen molar-refractivity contribution >= 4 is 23.3 Å². The summed E-state index contributed by atoms with van der Waals surface area (Å²) in [6.45, 7) is 7.80. The van der Waals surface area contributed by atoms with Crippen molar-refractivity contribution in [3.63, 3.8) is 0 Å². The summed E-state index contributed by atoms with van der Waals surface area (Å²) in [6.07, 6.45) is 0. The van der Waals surface area contributed by atoms with E-state index in [4.69, 9.17) is 11.6 Å². The molecule has 0 saturated heterocycles. The quantitative estimate of drug-likeness (QED) is 0.851. The van der Waals surface area contributed by atoms with Crippen LogP contribution in [0.2, 0.25) is 5.15 Å². The van der Waals surface area contributed by atoms with E-state index >= 15 is 0 Å². The van der Waals surface area contributed by atoms with Crippen LogP contribution in [0.3, 0.4) is 0 Å². The number of hydrogen-bond donors (Lipinski definition) is 2. The number of H-pyrrole nitrogens is 1. The number of rotatable bonds is 3. The summed E-state index contributed by atoms with van der Waals surface area (Å²) in [4.78, 5) is 16.5. The Morgan fingerprint density at radius 2 is 2.05 bits per heavy atom. The molecule has 0 aliphatic heterocycles. The fraction of sp³-hybridized carbons (Fsp3) is 0.357. The van der Waals surface area contributed by atoms with Crippen molar-refractivity contribution in [3.05, 3.63) is 39.8 Å². The summed E-state index contributed by atoms with van der Waals surface area (Å²) in [5.41, 5.74) is 3.12. The molecule has 2 rings (SSSR count). The maximum absolute atomic E-state index is 12.3. The van der Waals surface area contributed by atoms with Gasteiger partial charge in [-0.05, 0) is 31.9 Å². The molecule has 0 aliphatic carbocycles. The van der Waals surface area contributed by atoms with E-state index in [0.717, 1.165) is 17.0 Å². The molecule has 0 spiro atoms. The van der Waals surface area contributed by atoms with E-state index in [1.165, 1.54) is 0 Å². The molecule has 106 valence electrons. The van der Waals surface area contributed by atoms with Gasteiger partial charge in [0.25, 0.3) is 5.91 Å². The number of nitrogens with one attached hydrogen (secondary N) is 2. The number of hydrogen-bond acceptors (Lipinski definition) is 3. The second-order valence-electron chi connectivity index (χ2n) is 5.03. The fourth-order valence-corrected chi connectivity index (χ4v) is 1.95. The average molecular weight is 293 g/mol. The molecule has 2 heterocycles. The van der Waals surface area contributed by atoms with E-state index in [1.807, 2.05) is 27.7 Å². The lowest BCUT2D eigenvalue weighted by atomic mass is 10.1. The van der Waals surface area contributed by atoms with Crippen molar-refractivity contribution in [2.45, 2.75) is 33.6 Å². The number of carbonyl (C=O) groups is 1. The van der Waals surface area contributed by atoms with Gasteiger partial charge in [0.15, 0.2) is 5.82 Å². The van der Waals surface area contributed by atoms with Crippen molar-refractivity contribution in [3.8, 4) is 0 Å². The van der Waals surface area contributed by atoms with Gasteiger partial charge in [-0.15, -0.1) is 0 Å². The number of aromatic nitrogens is 3. The van der Waals surface area contributed by atoms with Crippen molar-refractivity contribution in [1.82, 2.24) is 15.2 Å². The van der Waals surface area contributed by atoms with E-state index in [2.05, 4.69) is 20.5 Å². The van der Waals surface area contributed by atoms with Gasteiger partial charge in [-0.1, -0.05) is 25.4 Å². The molecule has 2 N–H and O–H groups in total. The van der Waals surface area contributed by atoms with Crippen LogP contribution in [-0.2, 0) is 0 Å². The number of aromatic amines is 1. The Kier molecular flexibility index (Phi) is 4.09. The number of anilines is 1. The second kappa shape index (κ2) is 5.63. The molecule has 0 unspecified atom stereocenters. The Bertz CT molecular complexity index is 649. The Balaban J connectivity index is 2.27. The molecule has 0 fully saturated rings. The minimum Gasteiger partial charge on any atom is -0.305 e. The van der Waals surface area contributed by atoms with E-state index in [1.54, 1.807) is 12.1 Å². The van der Waals surface area contributed by atoms with Gasteiger partial charge in [-0.2, -0.15) is 5.10 Å². The number of carbonyl (C=O) groups excluding carboxylic acids is 1. The zero-order valence-electron chi connectivity index (χ0n) is 11.9. The lowest BCUT2D eigenvalue weighted by Gasteiger charge is -2.08. The fourth-order valence-electron chi connectivity index (χ4n) is 1.73. The predicted molar refractivity (Wildman–Crippen MR) is 79.4 cm³/mol. The molecule has 0 bridgehead atoms. The van der Waals surface area contributed by atoms with Crippen molar-refractivity contribution in [2.24, 2.45) is 0 Å². The first kappa shape index (κ1) is 14.5. The van der Waals surface area contributed by atoms with Crippen LogP contribution in [0.15, 0.2) is 12.1 Å². The van der Waals surface area contributed by atoms with Crippen LogP contribution in [0, 0.1) is 13.8 Å². The number of pyridine rings is 1. The Morgan fingerprint density at radius 3 is 2.60 bits per heavy atom. The molecule has 0 aromatic carbocycles. The summed E-state index contributed by atoms with van der Waals surface area (Å²) in [5, 5.41) is 9.98. The summed E-state index contributed by atoms with van der Waals surface area (Å²) in [5.74, 6) is 0.493. The van der Waals surface area contributed by atoms with Crippen LogP contribution in [0.1, 0.15) is 47.1 Å². The van der Waals surface area contributed by atoms with E-state index in [9.17, 15) is 4.79 Å². The molecule has 20 heavy (non-hydrogen) atoms. The maximum atomic E-state index is 12.3. The predicted octanol–water partition coefficient (Wildman–Crippen LogP) is 3.45. The number of aryl methyl sites for hydroxylation is 1. The van der Waals surface area contributed by atoms with Crippen LogP contribution >= 0.6 is 11.6 Å². The third-order valence-electron chi connectivity index (χ3n) is 3.15. The van der Waals surface area contributed by atoms with Crippen LogP contribution in [0.25, 0.3) is 0 Å². The summed E-state index contributed by atoms with van der Waals surface area (Å²) >= 11 is 5.96. The van der Waals surface area contributed by atoms with Gasteiger partial charge >= 0.3 is 0 Å². The minimum atomic E-state index is -0.245. The van der Waals surface area contributed by atoms with Crippen LogP contribution in [0.4, 0.5) is 5.82 Å². The minimum absolute atomic E-state index is 0.203. The van der Waals surface area contributed by atoms with E-state index in [-0.39, 0.29) is 11.8 Å². The summed E-state index contributed by atoms with van der Waals surface area (Å²) < 4.78 is 0. The lowest BCUT2D eigenvalue weighted by molar-refractivity contribution is 0.102. The highest BCUT2D eigenvalue weighted by Gasteiger charge is 2.14. The standard InChI is InChI=1S/C14H17ClN4O/c1-7(2)11-5-10(6-12(15)16-11)14(20)17-13-8(3)9(4)18-19-13/h5-7H,1-4H3,(H2,17,18,19,20). The zero-order valence-corrected chi connectivity index (χ0v) is 12.7. The highest BCUT2D eigenvalue weighted by atomic mass is 35.5. The van der Waals surface area contributed by atoms with Crippen molar-refractivity contribution in [1.29, 1.82) is 0 Å². The molecule has 0 radical (unpaired) electrons. The first-order chi connectivity index (χ1) is 9.38. The Hall–Kier alpha value is -1.88. The van der Waals surface area contributed by atoms with Crippen LogP contribution in [0.5, 0.6) is 0 Å². The molecule has 0 atom stereocenters. The SMILES string of the molecule is Cc1[nH]nc(NC(=O)c2cc(Cl)nc(C(C)C)c2)c1C. The first-order valence-corrected chi connectivity index (χ1v) is 6.76. The number of amides is 1. The van der Waals surface area contributed by atoms with Crippen molar-refractivity contribution in [2.75, 3.05) is 5.32 Å². The molecule has 5 nitrogen and oxygen atoms in total. The molecule has 0 saturated carbocycles. The molecule has 0 aliphatic rings. The zero-order chi connectivity index (χ0) is 14.9. The molecule has 2 aromatic rings. The topological polar surface area (TPSA) is 70.7 Å². The summed E-state index contributed by atoms with van der Waals surface area (Å²) in [7, 11) is 0. The molecular formula is C14H17ClN4O. The monoisotopic (exact) mass is 292 g/mol. The molecule has 2 aromatic heterocycles. The number of nitrogens with zero attached hydrogens (tertiary/aromatic N) is 2. The third-order valence-corrected chi connectivity index (χ3v) is 3.35. The van der Waals surface area contributed by atoms with Gasteiger partial charge < -0.3 is 5.32 Å². The number of halogens is 1. The average Bonchev–Trinajstić information content (AvgIpc) is 2.70. The second-order valence-corrected chi connectivity index (χ2v) is 5.42. The van der Waals surface area contributed by atoms with Gasteiger partial charge in [0, 0.05) is 22.5 Å². The van der Waals surface area contributed by atoms with Gasteiger partial charge in [-0.3, -0.25) is 9.89 Å². The lowest BCUT2D eigenvalue weighted by Crippen LogP contribution is -2.14.